The summed E-state index contributed by atoms with van der Waals surface area (Å²) in [7, 11) is 0. The first-order chi connectivity index (χ1) is 23.3. The van der Waals surface area contributed by atoms with Crippen molar-refractivity contribution in [3.05, 3.63) is 179 Å². The minimum absolute atomic E-state index is 0.318. The van der Waals surface area contributed by atoms with Crippen LogP contribution in [0.1, 0.15) is 27.8 Å². The van der Waals surface area contributed by atoms with Gasteiger partial charge in [0, 0.05) is 5.75 Å². The highest BCUT2D eigenvalue weighted by Crippen LogP contribution is 2.36. The number of hydrogen-bond donors (Lipinski definition) is 0. The van der Waals surface area contributed by atoms with Gasteiger partial charge in [-0.25, -0.2) is 0 Å². The molecule has 0 spiro atoms. The quantitative estimate of drug-likeness (QED) is 0.107. The van der Waals surface area contributed by atoms with Gasteiger partial charge in [-0.05, 0) is 27.8 Å². The van der Waals surface area contributed by atoms with E-state index in [2.05, 4.69) is 72.8 Å². The first-order valence-corrected chi connectivity index (χ1v) is 17.3. The topological polar surface area (TPSA) is 46.2 Å². The molecule has 0 radical (unpaired) electrons. The van der Waals surface area contributed by atoms with E-state index >= 15 is 0 Å². The zero-order valence-electron chi connectivity index (χ0n) is 26.5. The fraction of sp³-hybridized carbons (Fsp3) is 0.268. The Morgan fingerprint density at radius 2 is 0.809 bits per heavy atom. The summed E-state index contributed by atoms with van der Waals surface area (Å²) in [5, 5.41) is 0. The first kappa shape index (κ1) is 33.2. The molecule has 0 aromatic heterocycles. The molecule has 0 saturated carbocycles. The SMILES string of the molecule is c1ccc(COC[C@H]2O[C@H](SCc3ccccc3)[C@@H](OCc3ccccc3)[C@@H](OCc3ccccc3)[C@@H]2OCc2ccccc2)cc1. The van der Waals surface area contributed by atoms with Crippen LogP contribution < -0.4 is 0 Å². The molecule has 1 heterocycles. The van der Waals surface area contributed by atoms with Crippen molar-refractivity contribution in [2.45, 2.75) is 62.0 Å². The second-order valence-corrected chi connectivity index (χ2v) is 12.7. The molecule has 0 amide bonds. The Kier molecular flexibility index (Phi) is 12.7. The van der Waals surface area contributed by atoms with Gasteiger partial charge in [0.2, 0.25) is 0 Å². The predicted molar refractivity (Wildman–Crippen MR) is 188 cm³/mol. The minimum Gasteiger partial charge on any atom is -0.374 e. The molecule has 242 valence electrons. The summed E-state index contributed by atoms with van der Waals surface area (Å²) in [6.07, 6.45) is -1.65. The molecule has 0 aliphatic carbocycles. The van der Waals surface area contributed by atoms with E-state index in [-0.39, 0.29) is 11.5 Å². The van der Waals surface area contributed by atoms with E-state index in [1.807, 2.05) is 78.9 Å². The van der Waals surface area contributed by atoms with Crippen molar-refractivity contribution in [2.24, 2.45) is 0 Å². The lowest BCUT2D eigenvalue weighted by atomic mass is 9.98. The molecule has 5 nitrogen and oxygen atoms in total. The smallest absolute Gasteiger partial charge is 0.133 e. The first-order valence-electron chi connectivity index (χ1n) is 16.2. The van der Waals surface area contributed by atoms with E-state index in [1.54, 1.807) is 11.8 Å². The maximum Gasteiger partial charge on any atom is 0.133 e. The maximum atomic E-state index is 6.94. The van der Waals surface area contributed by atoms with Gasteiger partial charge in [-0.2, -0.15) is 0 Å². The van der Waals surface area contributed by atoms with Gasteiger partial charge in [-0.15, -0.1) is 11.8 Å². The van der Waals surface area contributed by atoms with Gasteiger partial charge < -0.3 is 23.7 Å². The highest BCUT2D eigenvalue weighted by molar-refractivity contribution is 7.99. The number of ether oxygens (including phenoxy) is 5. The molecule has 5 aromatic rings. The second-order valence-electron chi connectivity index (χ2n) is 11.6. The number of rotatable bonds is 16. The van der Waals surface area contributed by atoms with Gasteiger partial charge in [-0.3, -0.25) is 0 Å². The van der Waals surface area contributed by atoms with E-state index in [1.165, 1.54) is 5.56 Å². The van der Waals surface area contributed by atoms with Crippen molar-refractivity contribution in [2.75, 3.05) is 6.61 Å². The number of thioether (sulfide) groups is 1. The minimum atomic E-state index is -0.441. The van der Waals surface area contributed by atoms with Gasteiger partial charge in [0.25, 0.3) is 0 Å². The van der Waals surface area contributed by atoms with Crippen LogP contribution in [0.15, 0.2) is 152 Å². The molecule has 0 bridgehead atoms. The summed E-state index contributed by atoms with van der Waals surface area (Å²) in [5.74, 6) is 0.773. The van der Waals surface area contributed by atoms with Crippen molar-refractivity contribution in [3.63, 3.8) is 0 Å². The molecule has 1 fully saturated rings. The van der Waals surface area contributed by atoms with Gasteiger partial charge in [0.1, 0.15) is 29.9 Å². The molecule has 1 aliphatic rings. The second kappa shape index (κ2) is 18.0. The molecule has 1 saturated heterocycles. The van der Waals surface area contributed by atoms with E-state index < -0.39 is 18.3 Å². The van der Waals surface area contributed by atoms with Crippen LogP contribution in [0.4, 0.5) is 0 Å². The zero-order valence-corrected chi connectivity index (χ0v) is 27.3. The predicted octanol–water partition coefficient (Wildman–Crippen LogP) is 8.62. The van der Waals surface area contributed by atoms with Crippen LogP contribution in [0.25, 0.3) is 0 Å². The summed E-state index contributed by atoms with van der Waals surface area (Å²) in [6.45, 7) is 2.12. The van der Waals surface area contributed by atoms with E-state index in [0.717, 1.165) is 28.0 Å². The monoisotopic (exact) mass is 646 g/mol. The van der Waals surface area contributed by atoms with Crippen molar-refractivity contribution in [3.8, 4) is 0 Å². The van der Waals surface area contributed by atoms with Crippen molar-refractivity contribution in [1.82, 2.24) is 0 Å². The molecule has 0 unspecified atom stereocenters. The van der Waals surface area contributed by atoms with Crippen LogP contribution in [0, 0.1) is 0 Å². The Hall–Kier alpha value is -3.75. The van der Waals surface area contributed by atoms with Crippen molar-refractivity contribution < 1.29 is 23.7 Å². The molecule has 0 N–H and O–H groups in total. The van der Waals surface area contributed by atoms with Crippen LogP contribution in [-0.4, -0.2) is 36.5 Å². The van der Waals surface area contributed by atoms with E-state index in [4.69, 9.17) is 23.7 Å². The van der Waals surface area contributed by atoms with Crippen LogP contribution >= 0.6 is 11.8 Å². The lowest BCUT2D eigenvalue weighted by molar-refractivity contribution is -0.254. The molecular weight excluding hydrogens is 605 g/mol. The van der Waals surface area contributed by atoms with Gasteiger partial charge in [0.05, 0.1) is 33.0 Å². The average Bonchev–Trinajstić information content (AvgIpc) is 3.14. The number of benzene rings is 5. The Morgan fingerprint density at radius 1 is 0.426 bits per heavy atom. The molecule has 47 heavy (non-hydrogen) atoms. The Morgan fingerprint density at radius 3 is 1.28 bits per heavy atom. The van der Waals surface area contributed by atoms with Crippen LogP contribution in [-0.2, 0) is 55.9 Å². The third-order valence-electron chi connectivity index (χ3n) is 8.10. The summed E-state index contributed by atoms with van der Waals surface area (Å²) in [6, 6.07) is 51.4. The average molecular weight is 647 g/mol. The van der Waals surface area contributed by atoms with E-state index in [9.17, 15) is 0 Å². The van der Waals surface area contributed by atoms with Gasteiger partial charge in [0.15, 0.2) is 0 Å². The summed E-state index contributed by atoms with van der Waals surface area (Å²) < 4.78 is 33.6. The molecule has 1 aliphatic heterocycles. The van der Waals surface area contributed by atoms with Crippen LogP contribution in [0.2, 0.25) is 0 Å². The van der Waals surface area contributed by atoms with Crippen LogP contribution in [0.3, 0.4) is 0 Å². The molecular formula is C41H42O5S. The van der Waals surface area contributed by atoms with Gasteiger partial charge in [-0.1, -0.05) is 152 Å². The van der Waals surface area contributed by atoms with E-state index in [0.29, 0.717) is 33.0 Å². The zero-order chi connectivity index (χ0) is 31.9. The Balaban J connectivity index is 1.29. The highest BCUT2D eigenvalue weighted by Gasteiger charge is 2.48. The molecule has 6 rings (SSSR count). The maximum absolute atomic E-state index is 6.94. The summed E-state index contributed by atoms with van der Waals surface area (Å²) in [5.41, 5.74) is 5.29. The fourth-order valence-corrected chi connectivity index (χ4v) is 6.83. The normalized spacial score (nSPS) is 21.0. The van der Waals surface area contributed by atoms with Gasteiger partial charge >= 0.3 is 0 Å². The molecule has 5 atom stereocenters. The molecule has 6 heteroatoms. The highest BCUT2D eigenvalue weighted by atomic mass is 32.2. The molecule has 5 aromatic carbocycles. The fourth-order valence-electron chi connectivity index (χ4n) is 5.63. The summed E-state index contributed by atoms with van der Waals surface area (Å²) >= 11 is 1.73. The van der Waals surface area contributed by atoms with Crippen molar-refractivity contribution >= 4 is 11.8 Å². The Labute approximate surface area is 282 Å². The number of hydrogen-bond acceptors (Lipinski definition) is 6. The lowest BCUT2D eigenvalue weighted by Crippen LogP contribution is -2.60. The summed E-state index contributed by atoms with van der Waals surface area (Å²) in [4.78, 5) is 0. The third-order valence-corrected chi connectivity index (χ3v) is 9.31. The Bertz CT molecular complexity index is 1560. The lowest BCUT2D eigenvalue weighted by Gasteiger charge is -2.46. The van der Waals surface area contributed by atoms with Crippen LogP contribution in [0.5, 0.6) is 0 Å². The standard InChI is InChI=1S/C41H42O5S/c1-6-16-32(17-7-1)26-42-30-37-38(43-27-33-18-8-2-9-19-33)39(44-28-34-20-10-3-11-21-34)40(45-29-35-22-12-4-13-23-35)41(46-37)47-31-36-24-14-5-15-25-36/h1-25,37-41H,26-31H2/t37-,38-,39+,40+,41-/m1/s1. The largest absolute Gasteiger partial charge is 0.374 e. The van der Waals surface area contributed by atoms with Crippen molar-refractivity contribution in [1.29, 1.82) is 0 Å². The third kappa shape index (κ3) is 10.1.